The molecule has 12 aromatic rings. The minimum Gasteiger partial charge on any atom is -0.872 e. The Morgan fingerprint density at radius 1 is 0.170 bits per heavy atom. The van der Waals surface area contributed by atoms with Crippen molar-refractivity contribution < 1.29 is 195 Å². The molecule has 0 atom stereocenters. The summed E-state index contributed by atoms with van der Waals surface area (Å²) in [4.78, 5) is 0. The zero-order valence-corrected chi connectivity index (χ0v) is 65.6. The number of fused-ring (bicyclic) bond motifs is 6. The Labute approximate surface area is 693 Å². The third-order valence-corrected chi connectivity index (χ3v) is 17.1. The fourth-order valence-corrected chi connectivity index (χ4v) is 12.1. The summed E-state index contributed by atoms with van der Waals surface area (Å²) in [7, 11) is 0. The molecular formula is C84H84Na3O12Yb. The van der Waals surface area contributed by atoms with Gasteiger partial charge < -0.3 is 59.1 Å². The van der Waals surface area contributed by atoms with Crippen molar-refractivity contribution in [2.45, 2.75) is 77.0 Å². The molecule has 12 nitrogen and oxygen atoms in total. The second-order valence-electron chi connectivity index (χ2n) is 23.9. The SMILES string of the molecule is C1CCOC1.C1CCOC1.C1CCOC1.C1CCOC1.C1CCOC1.C1CCOC1.[Na+].[Na+].[Na+].[O-]c1ccc2ccccc2c1-c1c([O-])ccc2ccccc12.[O-]c1ccc2ccccc2c1-c1c([O-])ccc2ccccc12.[O-]c1ccc2ccccc2c1-c1c([O-])ccc2ccccc12.[Yb+3]. The van der Waals surface area contributed by atoms with Crippen LogP contribution in [0.25, 0.3) is 98.0 Å². The van der Waals surface area contributed by atoms with Gasteiger partial charge in [0.2, 0.25) is 0 Å². The number of hydrogen-bond donors (Lipinski definition) is 0. The van der Waals surface area contributed by atoms with Crippen LogP contribution in [0, 0.1) is 46.9 Å². The molecule has 509 valence electrons. The third kappa shape index (κ3) is 24.2. The Kier molecular flexibility index (Phi) is 38.9. The van der Waals surface area contributed by atoms with Gasteiger partial charge in [0.05, 0.1) is 0 Å². The molecule has 0 bridgehead atoms. The maximum atomic E-state index is 12.5. The van der Waals surface area contributed by atoms with E-state index < -0.39 is 0 Å². The predicted octanol–water partition coefficient (Wildman–Crippen LogP) is 7.21. The normalized spacial score (nSPS) is 14.5. The summed E-state index contributed by atoms with van der Waals surface area (Å²) >= 11 is 0. The van der Waals surface area contributed by atoms with Crippen LogP contribution < -0.4 is 119 Å². The van der Waals surface area contributed by atoms with E-state index >= 15 is 0 Å². The fourth-order valence-electron chi connectivity index (χ4n) is 12.1. The zero-order chi connectivity index (χ0) is 66.5. The van der Waals surface area contributed by atoms with E-state index in [1.165, 1.54) is 77.0 Å². The number of hydrogen-bond acceptors (Lipinski definition) is 12. The molecule has 6 heterocycles. The predicted molar refractivity (Wildman–Crippen MR) is 378 cm³/mol. The van der Waals surface area contributed by atoms with Crippen molar-refractivity contribution in [2.24, 2.45) is 0 Å². The topological polar surface area (TPSA) is 194 Å². The monoisotopic (exact) mass is 1530 g/mol. The van der Waals surface area contributed by atoms with Gasteiger partial charge in [-0.25, -0.2) is 0 Å². The molecule has 1 radical (unpaired) electrons. The number of rotatable bonds is 3. The van der Waals surface area contributed by atoms with Gasteiger partial charge in [-0.3, -0.25) is 0 Å². The Morgan fingerprint density at radius 2 is 0.290 bits per heavy atom. The van der Waals surface area contributed by atoms with E-state index in [1.54, 1.807) is 72.8 Å². The van der Waals surface area contributed by atoms with E-state index in [2.05, 4.69) is 0 Å². The van der Waals surface area contributed by atoms with E-state index in [0.29, 0.717) is 33.4 Å². The summed E-state index contributed by atoms with van der Waals surface area (Å²) in [6.45, 7) is 12.0. The van der Waals surface area contributed by atoms with Crippen molar-refractivity contribution in [1.82, 2.24) is 0 Å². The second kappa shape index (κ2) is 46.2. The molecule has 16 heteroatoms. The first-order valence-electron chi connectivity index (χ1n) is 33.9. The minimum atomic E-state index is -0.118. The molecule has 0 N–H and O–H groups in total. The van der Waals surface area contributed by atoms with Crippen molar-refractivity contribution >= 4 is 64.6 Å². The van der Waals surface area contributed by atoms with Crippen LogP contribution in [-0.4, -0.2) is 79.3 Å². The molecule has 0 aromatic heterocycles. The van der Waals surface area contributed by atoms with Crippen LogP contribution in [0.1, 0.15) is 77.0 Å². The molecule has 12 aromatic carbocycles. The van der Waals surface area contributed by atoms with Gasteiger partial charge in [-0.15, -0.1) is 34.5 Å². The molecule has 6 aliphatic rings. The first kappa shape index (κ1) is 84.2. The molecule has 0 spiro atoms. The average molecular weight is 1530 g/mol. The van der Waals surface area contributed by atoms with Crippen LogP contribution in [-0.2, 0) is 28.4 Å². The van der Waals surface area contributed by atoms with Gasteiger partial charge >= 0.3 is 136 Å². The van der Waals surface area contributed by atoms with Gasteiger partial charge in [-0.1, -0.05) is 218 Å². The summed E-state index contributed by atoms with van der Waals surface area (Å²) in [6, 6.07) is 66.1. The van der Waals surface area contributed by atoms with Crippen LogP contribution in [0.2, 0.25) is 0 Å². The zero-order valence-electron chi connectivity index (χ0n) is 57.9. The van der Waals surface area contributed by atoms with Crippen molar-refractivity contribution in [2.75, 3.05) is 79.3 Å². The molecule has 0 aliphatic carbocycles. The van der Waals surface area contributed by atoms with Crippen molar-refractivity contribution in [1.29, 1.82) is 0 Å². The van der Waals surface area contributed by atoms with E-state index in [4.69, 9.17) is 28.4 Å². The summed E-state index contributed by atoms with van der Waals surface area (Å²) < 4.78 is 29.7. The van der Waals surface area contributed by atoms with Crippen LogP contribution in [0.4, 0.5) is 0 Å². The maximum Gasteiger partial charge on any atom is 3.00 e. The van der Waals surface area contributed by atoms with Crippen LogP contribution >= 0.6 is 0 Å². The molecule has 0 amide bonds. The summed E-state index contributed by atoms with van der Waals surface area (Å²) in [5.41, 5.74) is 3.00. The van der Waals surface area contributed by atoms with Gasteiger partial charge in [0.1, 0.15) is 0 Å². The molecule has 0 saturated carbocycles. The molecule has 6 fully saturated rings. The number of benzene rings is 12. The van der Waals surface area contributed by atoms with Crippen LogP contribution in [0.15, 0.2) is 218 Å². The van der Waals surface area contributed by atoms with Gasteiger partial charge in [0.15, 0.2) is 0 Å². The molecule has 6 saturated heterocycles. The summed E-state index contributed by atoms with van der Waals surface area (Å²) in [5.74, 6) is -0.710. The second-order valence-corrected chi connectivity index (χ2v) is 23.9. The first-order valence-corrected chi connectivity index (χ1v) is 33.9. The van der Waals surface area contributed by atoms with Crippen molar-refractivity contribution in [3.8, 4) is 67.9 Å². The van der Waals surface area contributed by atoms with Gasteiger partial charge in [0, 0.05) is 79.3 Å². The molecular weight excluding hydrogens is 1440 g/mol. The van der Waals surface area contributed by atoms with E-state index in [0.717, 1.165) is 144 Å². The molecule has 6 aliphatic heterocycles. The molecule has 18 rings (SSSR count). The molecule has 100 heavy (non-hydrogen) atoms. The van der Waals surface area contributed by atoms with Gasteiger partial charge in [-0.05, 0) is 175 Å². The summed E-state index contributed by atoms with van der Waals surface area (Å²) in [6.07, 6.45) is 15.3. The van der Waals surface area contributed by atoms with Crippen molar-refractivity contribution in [3.05, 3.63) is 218 Å². The first-order chi connectivity index (χ1) is 47.3. The van der Waals surface area contributed by atoms with E-state index in [-0.39, 0.29) is 170 Å². The molecule has 0 unspecified atom stereocenters. The smallest absolute Gasteiger partial charge is 0.872 e. The minimum absolute atomic E-state index is 0. The van der Waals surface area contributed by atoms with Gasteiger partial charge in [0.25, 0.3) is 0 Å². The number of ether oxygens (including phenoxy) is 6. The Bertz CT molecular complexity index is 3630. The summed E-state index contributed by atoms with van der Waals surface area (Å²) in [5, 5.41) is 85.7. The third-order valence-electron chi connectivity index (χ3n) is 17.1. The van der Waals surface area contributed by atoms with Crippen LogP contribution in [0.5, 0.6) is 34.5 Å². The van der Waals surface area contributed by atoms with E-state index in [9.17, 15) is 30.6 Å². The Balaban J connectivity index is 0.000000192. The average Bonchev–Trinajstić information content (AvgIpc) is 1.36. The largest absolute Gasteiger partial charge is 3.00 e. The Hall–Kier alpha value is -4.72. The Morgan fingerprint density at radius 3 is 0.400 bits per heavy atom. The van der Waals surface area contributed by atoms with Crippen molar-refractivity contribution in [3.63, 3.8) is 0 Å². The quantitative estimate of drug-likeness (QED) is 0.162. The van der Waals surface area contributed by atoms with E-state index in [1.807, 2.05) is 146 Å². The standard InChI is InChI=1S/3C20H14O2.6C4H8O.3Na.Yb/c3*21-17-11-9-13-5-1-3-7-15(13)19(17)20-16-8-4-2-6-14(16)10-12-18(20)22;6*1-2-4-5-3-1;;;;/h3*1-12,21-22H;6*1-4H2;;;;/q;;;;;;;;;3*+1;+3/p-6. The maximum absolute atomic E-state index is 12.5. The fraction of sp³-hybridized carbons (Fsp3) is 0.286. The van der Waals surface area contributed by atoms with Crippen LogP contribution in [0.3, 0.4) is 0 Å². The van der Waals surface area contributed by atoms with Gasteiger partial charge in [-0.2, -0.15) is 0 Å².